The lowest BCUT2D eigenvalue weighted by atomic mass is 10.2. The third kappa shape index (κ3) is 4.30. The summed E-state index contributed by atoms with van der Waals surface area (Å²) in [7, 11) is 0. The van der Waals surface area contributed by atoms with Crippen LogP contribution in [0.2, 0.25) is 0 Å². The highest BCUT2D eigenvalue weighted by molar-refractivity contribution is 7.14. The highest BCUT2D eigenvalue weighted by Crippen LogP contribution is 2.26. The number of anilines is 1. The molecule has 0 atom stereocenters. The molecule has 3 heterocycles. The Kier molecular flexibility index (Phi) is 5.32. The minimum atomic E-state index is -0.971. The average molecular weight is 434 g/mol. The van der Waals surface area contributed by atoms with Gasteiger partial charge in [-0.25, -0.2) is 18.6 Å². The Morgan fingerprint density at radius 1 is 1.21 bits per heavy atom. The minimum Gasteiger partial charge on any atom is -0.387 e. The van der Waals surface area contributed by atoms with Gasteiger partial charge in [0.05, 0.1) is 17.1 Å². The maximum atomic E-state index is 13.4. The number of hydrogen-bond acceptors (Lipinski definition) is 7. The number of thiazole rings is 1. The molecule has 29 heavy (non-hydrogen) atoms. The Labute approximate surface area is 170 Å². The van der Waals surface area contributed by atoms with Crippen LogP contribution in [0.5, 0.6) is 0 Å². The predicted octanol–water partition coefficient (Wildman–Crippen LogP) is 4.00. The average Bonchev–Trinajstić information content (AvgIpc) is 3.43. The van der Waals surface area contributed by atoms with Gasteiger partial charge in [-0.05, 0) is 29.6 Å². The lowest BCUT2D eigenvalue weighted by Gasteiger charge is -2.01. The number of aromatic nitrogens is 3. The van der Waals surface area contributed by atoms with Gasteiger partial charge in [-0.3, -0.25) is 4.79 Å². The summed E-state index contributed by atoms with van der Waals surface area (Å²) in [6.07, 6.45) is -0.0175. The number of thiophene rings is 1. The zero-order chi connectivity index (χ0) is 20.4. The van der Waals surface area contributed by atoms with Crippen LogP contribution in [-0.2, 0) is 11.3 Å². The first-order chi connectivity index (χ1) is 14.0. The summed E-state index contributed by atoms with van der Waals surface area (Å²) in [5.74, 6) is -2.72. The van der Waals surface area contributed by atoms with Gasteiger partial charge < -0.3 is 9.73 Å². The summed E-state index contributed by atoms with van der Waals surface area (Å²) in [5, 5.41) is 10.5. The molecule has 0 saturated heterocycles. The minimum absolute atomic E-state index is 0.0175. The molecule has 148 valence electrons. The van der Waals surface area contributed by atoms with E-state index in [1.165, 1.54) is 17.4 Å². The monoisotopic (exact) mass is 434 g/mol. The summed E-state index contributed by atoms with van der Waals surface area (Å²) < 4.78 is 32.6. The Bertz CT molecular complexity index is 1210. The number of nitrogens with one attached hydrogen (secondary N) is 1. The van der Waals surface area contributed by atoms with E-state index in [4.69, 9.17) is 4.42 Å². The number of carbonyl (C=O) groups is 1. The molecule has 3 aromatic heterocycles. The van der Waals surface area contributed by atoms with Crippen molar-refractivity contribution in [1.82, 2.24) is 14.8 Å². The molecule has 0 radical (unpaired) electrons. The van der Waals surface area contributed by atoms with Crippen LogP contribution >= 0.6 is 22.7 Å². The number of benzene rings is 1. The van der Waals surface area contributed by atoms with Crippen LogP contribution in [0.3, 0.4) is 0 Å². The molecule has 0 aliphatic carbocycles. The first kappa shape index (κ1) is 19.2. The Balaban J connectivity index is 1.38. The number of carbonyl (C=O) groups excluding carboxylic acids is 1. The molecule has 1 aromatic carbocycles. The van der Waals surface area contributed by atoms with Crippen molar-refractivity contribution in [3.63, 3.8) is 0 Å². The molecular weight excluding hydrogens is 422 g/mol. The van der Waals surface area contributed by atoms with Crippen molar-refractivity contribution < 1.29 is 18.0 Å². The van der Waals surface area contributed by atoms with Crippen molar-refractivity contribution in [2.45, 2.75) is 13.0 Å². The molecule has 0 aliphatic heterocycles. The van der Waals surface area contributed by atoms with Gasteiger partial charge in [0.25, 0.3) is 5.89 Å². The van der Waals surface area contributed by atoms with Crippen molar-refractivity contribution in [2.24, 2.45) is 0 Å². The van der Waals surface area contributed by atoms with Crippen molar-refractivity contribution in [3.05, 3.63) is 63.3 Å². The molecule has 0 bridgehead atoms. The number of rotatable bonds is 6. The van der Waals surface area contributed by atoms with E-state index in [1.54, 1.807) is 11.4 Å². The van der Waals surface area contributed by atoms with Gasteiger partial charge >= 0.3 is 5.76 Å². The fraction of sp³-hybridized carbons (Fsp3) is 0.111. The first-order valence-electron chi connectivity index (χ1n) is 8.32. The van der Waals surface area contributed by atoms with Crippen LogP contribution in [0, 0.1) is 11.6 Å². The van der Waals surface area contributed by atoms with E-state index in [2.05, 4.69) is 15.4 Å². The van der Waals surface area contributed by atoms with Crippen LogP contribution in [0.1, 0.15) is 6.42 Å². The molecule has 0 unspecified atom stereocenters. The zero-order valence-electron chi connectivity index (χ0n) is 14.6. The van der Waals surface area contributed by atoms with E-state index in [0.29, 0.717) is 16.4 Å². The van der Waals surface area contributed by atoms with Crippen LogP contribution in [0.25, 0.3) is 22.0 Å². The molecule has 11 heteroatoms. The van der Waals surface area contributed by atoms with E-state index >= 15 is 0 Å². The zero-order valence-corrected chi connectivity index (χ0v) is 16.2. The van der Waals surface area contributed by atoms with Crippen molar-refractivity contribution >= 4 is 33.7 Å². The largest absolute Gasteiger partial charge is 0.437 e. The fourth-order valence-electron chi connectivity index (χ4n) is 2.46. The Hall–Kier alpha value is -3.18. The SMILES string of the molecule is O=C(CCn1nc(-c2cccs2)oc1=O)Nc1nc(-c2ccc(F)c(F)c2)cs1. The molecule has 0 saturated carbocycles. The topological polar surface area (TPSA) is 90.0 Å². The van der Waals surface area contributed by atoms with Crippen LogP contribution in [0.4, 0.5) is 13.9 Å². The fourth-order valence-corrected chi connectivity index (χ4v) is 3.84. The van der Waals surface area contributed by atoms with Crippen LogP contribution in [0.15, 0.2) is 50.3 Å². The molecule has 0 spiro atoms. The van der Waals surface area contributed by atoms with Crippen LogP contribution < -0.4 is 11.1 Å². The molecular formula is C18H12F2N4O3S2. The van der Waals surface area contributed by atoms with Gasteiger partial charge in [-0.2, -0.15) is 4.68 Å². The summed E-state index contributed by atoms with van der Waals surface area (Å²) in [6, 6.07) is 7.05. The molecule has 7 nitrogen and oxygen atoms in total. The van der Waals surface area contributed by atoms with Gasteiger partial charge in [-0.1, -0.05) is 6.07 Å². The smallest absolute Gasteiger partial charge is 0.387 e. The number of aryl methyl sites for hydroxylation is 1. The molecule has 1 N–H and O–H groups in total. The second-order valence-electron chi connectivity index (χ2n) is 5.84. The maximum Gasteiger partial charge on any atom is 0.437 e. The maximum absolute atomic E-state index is 13.4. The highest BCUT2D eigenvalue weighted by atomic mass is 32.1. The quantitative estimate of drug-likeness (QED) is 0.496. The molecule has 4 aromatic rings. The van der Waals surface area contributed by atoms with Crippen molar-refractivity contribution in [2.75, 3.05) is 5.32 Å². The summed E-state index contributed by atoms with van der Waals surface area (Å²) in [6.45, 7) is 0.0426. The van der Waals surface area contributed by atoms with Gasteiger partial charge in [-0.15, -0.1) is 27.8 Å². The number of amides is 1. The van der Waals surface area contributed by atoms with Gasteiger partial charge in [0.2, 0.25) is 5.91 Å². The normalized spacial score (nSPS) is 11.0. The molecule has 4 rings (SSSR count). The Morgan fingerprint density at radius 2 is 2.07 bits per heavy atom. The molecule has 0 fully saturated rings. The molecule has 0 aliphatic rings. The van der Waals surface area contributed by atoms with Gasteiger partial charge in [0.15, 0.2) is 16.8 Å². The number of nitrogens with zero attached hydrogens (tertiary/aromatic N) is 3. The lowest BCUT2D eigenvalue weighted by Crippen LogP contribution is -2.20. The van der Waals surface area contributed by atoms with E-state index in [-0.39, 0.29) is 24.8 Å². The van der Waals surface area contributed by atoms with E-state index in [9.17, 15) is 18.4 Å². The van der Waals surface area contributed by atoms with E-state index in [0.717, 1.165) is 33.0 Å². The Morgan fingerprint density at radius 3 is 2.83 bits per heavy atom. The third-order valence-corrected chi connectivity index (χ3v) is 5.47. The summed E-state index contributed by atoms with van der Waals surface area (Å²) >= 11 is 2.54. The standard InChI is InChI=1S/C18H12F2N4O3S2/c19-11-4-3-10(8-12(11)20)13-9-29-17(21-13)22-15(25)5-6-24-18(26)27-16(23-24)14-2-1-7-28-14/h1-4,7-9H,5-6H2,(H,21,22,25). The number of halogens is 2. The predicted molar refractivity (Wildman–Crippen MR) is 105 cm³/mol. The molecule has 1 amide bonds. The lowest BCUT2D eigenvalue weighted by molar-refractivity contribution is -0.116. The highest BCUT2D eigenvalue weighted by Gasteiger charge is 2.14. The van der Waals surface area contributed by atoms with Crippen LogP contribution in [-0.4, -0.2) is 20.7 Å². The second-order valence-corrected chi connectivity index (χ2v) is 7.64. The van der Waals surface area contributed by atoms with Crippen molar-refractivity contribution in [3.8, 4) is 22.0 Å². The first-order valence-corrected chi connectivity index (χ1v) is 10.1. The van der Waals surface area contributed by atoms with Gasteiger partial charge in [0.1, 0.15) is 0 Å². The third-order valence-electron chi connectivity index (χ3n) is 3.85. The van der Waals surface area contributed by atoms with Gasteiger partial charge in [0, 0.05) is 17.4 Å². The van der Waals surface area contributed by atoms with Crippen molar-refractivity contribution in [1.29, 1.82) is 0 Å². The number of hydrogen-bond donors (Lipinski definition) is 1. The van der Waals surface area contributed by atoms with E-state index < -0.39 is 17.4 Å². The summed E-state index contributed by atoms with van der Waals surface area (Å²) in [4.78, 5) is 28.9. The second kappa shape index (κ2) is 8.05. The van der Waals surface area contributed by atoms with E-state index in [1.807, 2.05) is 11.4 Å². The summed E-state index contributed by atoms with van der Waals surface area (Å²) in [5.41, 5.74) is 0.813.